The Morgan fingerprint density at radius 2 is 1.95 bits per heavy atom. The second-order valence-corrected chi connectivity index (χ2v) is 5.00. The zero-order valence-corrected chi connectivity index (χ0v) is 10.8. The van der Waals surface area contributed by atoms with Gasteiger partial charge in [-0.15, -0.1) is 0 Å². The first-order valence-electron chi connectivity index (χ1n) is 6.41. The maximum absolute atomic E-state index is 12.8. The van der Waals surface area contributed by atoms with Gasteiger partial charge in [-0.25, -0.2) is 4.39 Å². The predicted octanol–water partition coefficient (Wildman–Crippen LogP) is 2.60. The molecule has 1 fully saturated rings. The number of rotatable bonds is 4. The number of nitrogens with zero attached hydrogens (tertiary/aromatic N) is 1. The fraction of sp³-hybridized carbons (Fsp3) is 0.267. The standard InChI is InChI=1S/C15H14FNO3/c16-12-3-1-10(2-4-12)14-6-5-13(20-14)9-17-7-11(8-17)15(18)19/h1-6,11H,7-9H2,(H,18,19). The molecule has 2 aromatic rings. The molecular weight excluding hydrogens is 261 g/mol. The summed E-state index contributed by atoms with van der Waals surface area (Å²) in [7, 11) is 0. The van der Waals surface area contributed by atoms with Gasteiger partial charge in [0.05, 0.1) is 12.5 Å². The Bertz CT molecular complexity index is 614. The molecule has 0 aliphatic carbocycles. The maximum atomic E-state index is 12.8. The molecule has 104 valence electrons. The van der Waals surface area contributed by atoms with E-state index in [-0.39, 0.29) is 11.7 Å². The van der Waals surface area contributed by atoms with Gasteiger partial charge in [0.15, 0.2) is 0 Å². The van der Waals surface area contributed by atoms with Crippen LogP contribution in [0.2, 0.25) is 0 Å². The molecule has 0 bridgehead atoms. The van der Waals surface area contributed by atoms with Crippen LogP contribution in [0.3, 0.4) is 0 Å². The minimum absolute atomic E-state index is 0.262. The lowest BCUT2D eigenvalue weighted by Crippen LogP contribution is -2.49. The summed E-state index contributed by atoms with van der Waals surface area (Å²) < 4.78 is 18.5. The van der Waals surface area contributed by atoms with E-state index < -0.39 is 5.97 Å². The molecule has 4 nitrogen and oxygen atoms in total. The number of halogens is 1. The van der Waals surface area contributed by atoms with Crippen LogP contribution in [0.25, 0.3) is 11.3 Å². The van der Waals surface area contributed by atoms with Crippen molar-refractivity contribution in [1.82, 2.24) is 4.90 Å². The molecule has 1 aromatic heterocycles. The predicted molar refractivity (Wildman–Crippen MR) is 70.5 cm³/mol. The van der Waals surface area contributed by atoms with Crippen molar-refractivity contribution in [2.75, 3.05) is 13.1 Å². The Balaban J connectivity index is 1.63. The van der Waals surface area contributed by atoms with Gasteiger partial charge in [0.2, 0.25) is 0 Å². The maximum Gasteiger partial charge on any atom is 0.309 e. The quantitative estimate of drug-likeness (QED) is 0.932. The topological polar surface area (TPSA) is 53.7 Å². The van der Waals surface area contributed by atoms with Crippen LogP contribution < -0.4 is 0 Å². The van der Waals surface area contributed by atoms with E-state index in [0.717, 1.165) is 11.3 Å². The van der Waals surface area contributed by atoms with E-state index >= 15 is 0 Å². The molecular formula is C15H14FNO3. The van der Waals surface area contributed by atoms with Crippen LogP contribution in [-0.2, 0) is 11.3 Å². The molecule has 0 atom stereocenters. The van der Waals surface area contributed by atoms with Gasteiger partial charge < -0.3 is 9.52 Å². The molecule has 2 heterocycles. The summed E-state index contributed by atoms with van der Waals surface area (Å²) in [5.41, 5.74) is 0.824. The smallest absolute Gasteiger partial charge is 0.309 e. The Kier molecular flexibility index (Phi) is 3.28. The molecule has 0 radical (unpaired) electrons. The molecule has 0 saturated carbocycles. The largest absolute Gasteiger partial charge is 0.481 e. The lowest BCUT2D eigenvalue weighted by atomic mass is 10.0. The third-order valence-electron chi connectivity index (χ3n) is 3.48. The summed E-state index contributed by atoms with van der Waals surface area (Å²) in [4.78, 5) is 12.7. The van der Waals surface area contributed by atoms with E-state index in [2.05, 4.69) is 0 Å². The minimum atomic E-state index is -0.743. The molecule has 0 amide bonds. The number of carboxylic acid groups (broad SMARTS) is 1. The third-order valence-corrected chi connectivity index (χ3v) is 3.48. The van der Waals surface area contributed by atoms with Crippen LogP contribution in [0.4, 0.5) is 4.39 Å². The Morgan fingerprint density at radius 3 is 2.60 bits per heavy atom. The van der Waals surface area contributed by atoms with Crippen LogP contribution in [0.1, 0.15) is 5.76 Å². The highest BCUT2D eigenvalue weighted by molar-refractivity contribution is 5.71. The molecule has 1 aromatic carbocycles. The molecule has 5 heteroatoms. The van der Waals surface area contributed by atoms with Crippen LogP contribution in [0.15, 0.2) is 40.8 Å². The van der Waals surface area contributed by atoms with Gasteiger partial charge >= 0.3 is 5.97 Å². The molecule has 1 N–H and O–H groups in total. The molecule has 1 aliphatic heterocycles. The summed E-state index contributed by atoms with van der Waals surface area (Å²) in [6.45, 7) is 1.72. The zero-order valence-electron chi connectivity index (χ0n) is 10.8. The van der Waals surface area contributed by atoms with Gasteiger partial charge in [-0.2, -0.15) is 0 Å². The van der Waals surface area contributed by atoms with Crippen molar-refractivity contribution < 1.29 is 18.7 Å². The van der Waals surface area contributed by atoms with Crippen molar-refractivity contribution in [1.29, 1.82) is 0 Å². The lowest BCUT2D eigenvalue weighted by Gasteiger charge is -2.35. The van der Waals surface area contributed by atoms with E-state index in [1.165, 1.54) is 12.1 Å². The van der Waals surface area contributed by atoms with Crippen LogP contribution >= 0.6 is 0 Å². The number of furan rings is 1. The number of hydrogen-bond acceptors (Lipinski definition) is 3. The van der Waals surface area contributed by atoms with E-state index in [1.54, 1.807) is 12.1 Å². The fourth-order valence-electron chi connectivity index (χ4n) is 2.31. The Morgan fingerprint density at radius 1 is 1.25 bits per heavy atom. The molecule has 3 rings (SSSR count). The third kappa shape index (κ3) is 2.58. The second-order valence-electron chi connectivity index (χ2n) is 5.00. The first-order chi connectivity index (χ1) is 9.61. The van der Waals surface area contributed by atoms with Gasteiger partial charge in [-0.3, -0.25) is 9.69 Å². The van der Waals surface area contributed by atoms with Gasteiger partial charge in [-0.05, 0) is 36.4 Å². The first kappa shape index (κ1) is 12.9. The summed E-state index contributed by atoms with van der Waals surface area (Å²) in [5.74, 6) is 0.193. The van der Waals surface area contributed by atoms with Crippen molar-refractivity contribution in [2.24, 2.45) is 5.92 Å². The van der Waals surface area contributed by atoms with Crippen LogP contribution in [0.5, 0.6) is 0 Å². The monoisotopic (exact) mass is 275 g/mol. The number of benzene rings is 1. The van der Waals surface area contributed by atoms with E-state index in [4.69, 9.17) is 9.52 Å². The highest BCUT2D eigenvalue weighted by Gasteiger charge is 2.32. The van der Waals surface area contributed by atoms with Crippen molar-refractivity contribution in [3.8, 4) is 11.3 Å². The van der Waals surface area contributed by atoms with E-state index in [0.29, 0.717) is 25.4 Å². The highest BCUT2D eigenvalue weighted by atomic mass is 19.1. The van der Waals surface area contributed by atoms with Crippen LogP contribution in [0, 0.1) is 11.7 Å². The zero-order chi connectivity index (χ0) is 14.1. The number of carboxylic acids is 1. The minimum Gasteiger partial charge on any atom is -0.481 e. The van der Waals surface area contributed by atoms with E-state index in [1.807, 2.05) is 17.0 Å². The average molecular weight is 275 g/mol. The van der Waals surface area contributed by atoms with Gasteiger partial charge in [0.1, 0.15) is 17.3 Å². The molecule has 1 aliphatic rings. The fourth-order valence-corrected chi connectivity index (χ4v) is 2.31. The van der Waals surface area contributed by atoms with Gasteiger partial charge in [0, 0.05) is 18.7 Å². The SMILES string of the molecule is O=C(O)C1CN(Cc2ccc(-c3ccc(F)cc3)o2)C1. The molecule has 0 spiro atoms. The summed E-state index contributed by atoms with van der Waals surface area (Å²) in [6.07, 6.45) is 0. The summed E-state index contributed by atoms with van der Waals surface area (Å²) in [6, 6.07) is 9.84. The van der Waals surface area contributed by atoms with Crippen molar-refractivity contribution in [2.45, 2.75) is 6.54 Å². The summed E-state index contributed by atoms with van der Waals surface area (Å²) in [5, 5.41) is 8.81. The Labute approximate surface area is 115 Å². The number of carbonyl (C=O) groups is 1. The van der Waals surface area contributed by atoms with Gasteiger partial charge in [-0.1, -0.05) is 0 Å². The molecule has 0 unspecified atom stereocenters. The normalized spacial score (nSPS) is 16.1. The number of aliphatic carboxylic acids is 1. The molecule has 1 saturated heterocycles. The average Bonchev–Trinajstić information content (AvgIpc) is 2.82. The molecule has 20 heavy (non-hydrogen) atoms. The number of hydrogen-bond donors (Lipinski definition) is 1. The van der Waals surface area contributed by atoms with Crippen molar-refractivity contribution in [3.05, 3.63) is 48.0 Å². The van der Waals surface area contributed by atoms with Crippen LogP contribution in [-0.4, -0.2) is 29.1 Å². The lowest BCUT2D eigenvalue weighted by molar-refractivity contribution is -0.147. The van der Waals surface area contributed by atoms with E-state index in [9.17, 15) is 9.18 Å². The van der Waals surface area contributed by atoms with Gasteiger partial charge in [0.25, 0.3) is 0 Å². The summed E-state index contributed by atoms with van der Waals surface area (Å²) >= 11 is 0. The van der Waals surface area contributed by atoms with Crippen molar-refractivity contribution in [3.63, 3.8) is 0 Å². The second kappa shape index (κ2) is 5.09. The first-order valence-corrected chi connectivity index (χ1v) is 6.41. The Hall–Kier alpha value is -2.14. The van der Waals surface area contributed by atoms with Crippen molar-refractivity contribution >= 4 is 5.97 Å². The number of likely N-dealkylation sites (tertiary alicyclic amines) is 1. The highest BCUT2D eigenvalue weighted by Crippen LogP contribution is 2.25.